The maximum Gasteiger partial charge on any atom is 0.168 e. The van der Waals surface area contributed by atoms with Gasteiger partial charge in [0.1, 0.15) is 0 Å². The zero-order chi connectivity index (χ0) is 15.9. The molecule has 2 unspecified atom stereocenters. The molecule has 4 rings (SSSR count). The average molecular weight is 301 g/mol. The quantitative estimate of drug-likeness (QED) is 0.808. The lowest BCUT2D eigenvalue weighted by Gasteiger charge is -2.38. The van der Waals surface area contributed by atoms with Gasteiger partial charge in [0.15, 0.2) is 5.41 Å². The summed E-state index contributed by atoms with van der Waals surface area (Å²) < 4.78 is 0. The fourth-order valence-corrected chi connectivity index (χ4v) is 4.50. The second-order valence-electron chi connectivity index (χ2n) is 6.80. The summed E-state index contributed by atoms with van der Waals surface area (Å²) >= 11 is 0. The van der Waals surface area contributed by atoms with Crippen molar-refractivity contribution in [1.82, 2.24) is 5.32 Å². The third-order valence-electron chi connectivity index (χ3n) is 5.60. The average Bonchev–Trinajstić information content (AvgIpc) is 2.90. The van der Waals surface area contributed by atoms with Crippen molar-refractivity contribution in [2.75, 3.05) is 0 Å². The van der Waals surface area contributed by atoms with Crippen molar-refractivity contribution in [3.05, 3.63) is 59.7 Å². The van der Waals surface area contributed by atoms with Crippen molar-refractivity contribution in [2.45, 2.75) is 37.3 Å². The zero-order valence-corrected chi connectivity index (χ0v) is 12.9. The van der Waals surface area contributed by atoms with Crippen LogP contribution in [0.25, 0.3) is 0 Å². The zero-order valence-electron chi connectivity index (χ0n) is 12.9. The Morgan fingerprint density at radius 3 is 2.61 bits per heavy atom. The highest BCUT2D eigenvalue weighted by molar-refractivity contribution is 5.45. The number of fused-ring (bicyclic) bond motifs is 4. The summed E-state index contributed by atoms with van der Waals surface area (Å²) in [6, 6.07) is 15.8. The number of nitrogens with one attached hydrogen (secondary N) is 1. The minimum atomic E-state index is -1.01. The van der Waals surface area contributed by atoms with Crippen LogP contribution in [0.1, 0.15) is 30.7 Å². The molecular weight excluding hydrogens is 282 g/mol. The van der Waals surface area contributed by atoms with E-state index in [9.17, 15) is 10.5 Å². The monoisotopic (exact) mass is 301 g/mol. The van der Waals surface area contributed by atoms with E-state index in [0.717, 1.165) is 18.4 Å². The molecule has 4 atom stereocenters. The van der Waals surface area contributed by atoms with Gasteiger partial charge in [-0.3, -0.25) is 0 Å². The Labute approximate surface area is 136 Å². The molecule has 0 amide bonds. The van der Waals surface area contributed by atoms with E-state index in [4.69, 9.17) is 0 Å². The maximum atomic E-state index is 9.79. The van der Waals surface area contributed by atoms with E-state index in [-0.39, 0.29) is 11.8 Å². The predicted octanol–water partition coefficient (Wildman–Crippen LogP) is 3.44. The van der Waals surface area contributed by atoms with Crippen LogP contribution in [-0.2, 0) is 0 Å². The van der Waals surface area contributed by atoms with Gasteiger partial charge in [0.2, 0.25) is 0 Å². The van der Waals surface area contributed by atoms with Crippen molar-refractivity contribution >= 4 is 0 Å². The van der Waals surface area contributed by atoms with E-state index in [2.05, 4.69) is 53.9 Å². The van der Waals surface area contributed by atoms with Gasteiger partial charge in [0.25, 0.3) is 0 Å². The number of rotatable bonds is 1. The lowest BCUT2D eigenvalue weighted by atomic mass is 9.67. The van der Waals surface area contributed by atoms with E-state index in [1.54, 1.807) is 0 Å². The van der Waals surface area contributed by atoms with E-state index < -0.39 is 5.41 Å². The molecule has 0 spiro atoms. The first kappa shape index (κ1) is 14.2. The molecule has 3 nitrogen and oxygen atoms in total. The SMILES string of the molecule is N#CC1(C#N)CC=CC(c2ccccc2)C2C1=C[C@@H]1CC[C@H]2N1. The summed E-state index contributed by atoms with van der Waals surface area (Å²) in [6.07, 6.45) is 9.14. The molecule has 1 N–H and O–H groups in total. The van der Waals surface area contributed by atoms with Gasteiger partial charge in [-0.15, -0.1) is 0 Å². The molecule has 1 aromatic carbocycles. The van der Waals surface area contributed by atoms with Gasteiger partial charge in [0.05, 0.1) is 12.1 Å². The molecule has 3 aliphatic rings. The number of nitrogens with zero attached hydrogens (tertiary/aromatic N) is 2. The van der Waals surface area contributed by atoms with Crippen LogP contribution in [0.5, 0.6) is 0 Å². The Balaban J connectivity index is 1.87. The topological polar surface area (TPSA) is 59.6 Å². The van der Waals surface area contributed by atoms with E-state index in [1.807, 2.05) is 12.1 Å². The van der Waals surface area contributed by atoms with Gasteiger partial charge in [-0.25, -0.2) is 0 Å². The Kier molecular flexibility index (Phi) is 3.33. The summed E-state index contributed by atoms with van der Waals surface area (Å²) in [6.45, 7) is 0. The lowest BCUT2D eigenvalue weighted by molar-refractivity contribution is 0.350. The number of benzene rings is 1. The highest BCUT2D eigenvalue weighted by Crippen LogP contribution is 2.50. The predicted molar refractivity (Wildman–Crippen MR) is 88.1 cm³/mol. The van der Waals surface area contributed by atoms with Crippen LogP contribution in [0.3, 0.4) is 0 Å². The van der Waals surface area contributed by atoms with Gasteiger partial charge in [0, 0.05) is 30.3 Å². The van der Waals surface area contributed by atoms with Crippen LogP contribution in [0.15, 0.2) is 54.1 Å². The Morgan fingerprint density at radius 2 is 1.87 bits per heavy atom. The largest absolute Gasteiger partial charge is 0.307 e. The van der Waals surface area contributed by atoms with E-state index >= 15 is 0 Å². The van der Waals surface area contributed by atoms with Crippen molar-refractivity contribution in [3.8, 4) is 12.1 Å². The van der Waals surface area contributed by atoms with E-state index in [0.29, 0.717) is 18.5 Å². The summed E-state index contributed by atoms with van der Waals surface area (Å²) in [5.74, 6) is 0.414. The molecule has 1 aromatic rings. The summed E-state index contributed by atoms with van der Waals surface area (Å²) in [7, 11) is 0. The second kappa shape index (κ2) is 5.37. The molecule has 114 valence electrons. The van der Waals surface area contributed by atoms with Crippen LogP contribution in [0.2, 0.25) is 0 Å². The summed E-state index contributed by atoms with van der Waals surface area (Å²) in [4.78, 5) is 0. The number of hydrogen-bond acceptors (Lipinski definition) is 3. The molecule has 1 aliphatic carbocycles. The Morgan fingerprint density at radius 1 is 1.09 bits per heavy atom. The summed E-state index contributed by atoms with van der Waals surface area (Å²) in [5, 5.41) is 23.2. The highest BCUT2D eigenvalue weighted by atomic mass is 15.0. The lowest BCUT2D eigenvalue weighted by Crippen LogP contribution is -2.45. The fourth-order valence-electron chi connectivity index (χ4n) is 4.50. The molecule has 0 radical (unpaired) electrons. The van der Waals surface area contributed by atoms with Crippen molar-refractivity contribution in [3.63, 3.8) is 0 Å². The van der Waals surface area contributed by atoms with Gasteiger partial charge >= 0.3 is 0 Å². The van der Waals surface area contributed by atoms with Gasteiger partial charge < -0.3 is 5.32 Å². The third-order valence-corrected chi connectivity index (χ3v) is 5.60. The third kappa shape index (κ3) is 2.12. The molecule has 2 bridgehead atoms. The molecule has 2 heterocycles. The van der Waals surface area contributed by atoms with Crippen LogP contribution >= 0.6 is 0 Å². The minimum absolute atomic E-state index is 0.189. The molecule has 3 heteroatoms. The molecule has 23 heavy (non-hydrogen) atoms. The number of hydrogen-bond donors (Lipinski definition) is 1. The molecule has 2 aliphatic heterocycles. The number of nitriles is 2. The molecule has 0 saturated carbocycles. The number of allylic oxidation sites excluding steroid dienone is 2. The Bertz CT molecular complexity index is 733. The summed E-state index contributed by atoms with van der Waals surface area (Å²) in [5.41, 5.74) is 1.30. The standard InChI is InChI=1S/C20H19N3/c21-12-20(13-22)10-4-7-16(14-5-2-1-3-6-14)19-17(20)11-15-8-9-18(19)23-15/h1-7,11,15-16,18-19,23H,8-10H2/t15-,16?,18+,19?/m0/s1. The van der Waals surface area contributed by atoms with Gasteiger partial charge in [-0.05, 0) is 24.0 Å². The first-order valence-corrected chi connectivity index (χ1v) is 8.30. The van der Waals surface area contributed by atoms with E-state index in [1.165, 1.54) is 5.56 Å². The van der Waals surface area contributed by atoms with Crippen LogP contribution in [-0.4, -0.2) is 12.1 Å². The van der Waals surface area contributed by atoms with Crippen LogP contribution in [0.4, 0.5) is 0 Å². The first-order chi connectivity index (χ1) is 11.3. The van der Waals surface area contributed by atoms with Gasteiger partial charge in [-0.2, -0.15) is 10.5 Å². The molecular formula is C20H19N3. The maximum absolute atomic E-state index is 9.79. The van der Waals surface area contributed by atoms with Crippen molar-refractivity contribution in [2.24, 2.45) is 11.3 Å². The molecule has 1 fully saturated rings. The van der Waals surface area contributed by atoms with Crippen molar-refractivity contribution < 1.29 is 0 Å². The highest BCUT2D eigenvalue weighted by Gasteiger charge is 2.49. The van der Waals surface area contributed by atoms with Crippen LogP contribution < -0.4 is 5.32 Å². The van der Waals surface area contributed by atoms with Crippen LogP contribution in [0, 0.1) is 34.0 Å². The van der Waals surface area contributed by atoms with Crippen molar-refractivity contribution in [1.29, 1.82) is 10.5 Å². The minimum Gasteiger partial charge on any atom is -0.307 e. The second-order valence-corrected chi connectivity index (χ2v) is 6.80. The Hall–Kier alpha value is -2.36. The van der Waals surface area contributed by atoms with Gasteiger partial charge in [-0.1, -0.05) is 48.6 Å². The fraction of sp³-hybridized carbons (Fsp3) is 0.400. The molecule has 1 saturated heterocycles. The first-order valence-electron chi connectivity index (χ1n) is 8.30. The smallest absolute Gasteiger partial charge is 0.168 e. The normalized spacial score (nSPS) is 33.7. The molecule has 0 aromatic heterocycles.